The third-order valence-electron chi connectivity index (χ3n) is 5.92. The van der Waals surface area contributed by atoms with Crippen LogP contribution < -0.4 is 25.2 Å². The van der Waals surface area contributed by atoms with Gasteiger partial charge in [0.25, 0.3) is 11.8 Å². The summed E-state index contributed by atoms with van der Waals surface area (Å²) in [6, 6.07) is 13.6. The molecular formula is C23H30N4O3+2. The second-order valence-corrected chi connectivity index (χ2v) is 8.10. The van der Waals surface area contributed by atoms with Gasteiger partial charge in [-0.2, -0.15) is 0 Å². The molecule has 2 heterocycles. The normalized spacial score (nSPS) is 20.2. The highest BCUT2D eigenvalue weighted by atomic mass is 16.5. The van der Waals surface area contributed by atoms with Crippen molar-refractivity contribution in [2.75, 3.05) is 51.7 Å². The number of nitrogens with one attached hydrogen (secondary N) is 4. The molecule has 7 heteroatoms. The van der Waals surface area contributed by atoms with Gasteiger partial charge >= 0.3 is 0 Å². The van der Waals surface area contributed by atoms with Gasteiger partial charge in [-0.25, -0.2) is 0 Å². The van der Waals surface area contributed by atoms with E-state index in [1.807, 2.05) is 6.07 Å². The fraction of sp³-hybridized carbons (Fsp3) is 0.391. The molecule has 2 aromatic carbocycles. The summed E-state index contributed by atoms with van der Waals surface area (Å²) in [5.74, 6) is 0.864. The van der Waals surface area contributed by atoms with Gasteiger partial charge in [0, 0.05) is 30.3 Å². The minimum atomic E-state index is -0.160. The van der Waals surface area contributed by atoms with Crippen LogP contribution in [0.15, 0.2) is 42.5 Å². The van der Waals surface area contributed by atoms with E-state index in [1.54, 1.807) is 30.1 Å². The molecule has 1 saturated heterocycles. The number of fused-ring (bicyclic) bond motifs is 1. The van der Waals surface area contributed by atoms with Crippen LogP contribution >= 0.6 is 0 Å². The highest BCUT2D eigenvalue weighted by Crippen LogP contribution is 2.25. The van der Waals surface area contributed by atoms with Gasteiger partial charge in [0.2, 0.25) is 0 Å². The zero-order valence-corrected chi connectivity index (χ0v) is 17.4. The van der Waals surface area contributed by atoms with Gasteiger partial charge in [-0.1, -0.05) is 6.07 Å². The van der Waals surface area contributed by atoms with Crippen LogP contribution in [-0.2, 0) is 17.8 Å². The molecule has 2 aliphatic rings. The molecule has 4 rings (SSSR count). The third kappa shape index (κ3) is 4.98. The molecule has 2 aliphatic heterocycles. The number of hydrogen-bond acceptors (Lipinski definition) is 3. The predicted octanol–water partition coefficient (Wildman–Crippen LogP) is -1.10. The maximum Gasteiger partial charge on any atom is 0.279 e. The Morgan fingerprint density at radius 2 is 1.83 bits per heavy atom. The highest BCUT2D eigenvalue weighted by Gasteiger charge is 2.25. The number of ether oxygens (including phenoxy) is 1. The average Bonchev–Trinajstić information content (AvgIpc) is 3.22. The second kappa shape index (κ2) is 9.28. The van der Waals surface area contributed by atoms with Crippen molar-refractivity contribution in [3.63, 3.8) is 0 Å². The number of quaternary nitrogens is 2. The quantitative estimate of drug-likeness (QED) is 0.489. The Labute approximate surface area is 177 Å². The van der Waals surface area contributed by atoms with Crippen LogP contribution in [0.3, 0.4) is 0 Å². The molecule has 2 amide bonds. The lowest BCUT2D eigenvalue weighted by atomic mass is 10.1. The maximum absolute atomic E-state index is 12.5. The number of amides is 2. The molecule has 0 unspecified atom stereocenters. The molecule has 0 saturated carbocycles. The lowest BCUT2D eigenvalue weighted by Gasteiger charge is -2.29. The average molecular weight is 411 g/mol. The summed E-state index contributed by atoms with van der Waals surface area (Å²) in [5.41, 5.74) is 3.89. The second-order valence-electron chi connectivity index (χ2n) is 8.10. The van der Waals surface area contributed by atoms with E-state index in [0.717, 1.165) is 51.5 Å². The van der Waals surface area contributed by atoms with E-state index in [2.05, 4.69) is 28.8 Å². The first-order valence-electron chi connectivity index (χ1n) is 10.6. The number of carbonyl (C=O) groups is 2. The van der Waals surface area contributed by atoms with Gasteiger partial charge in [0.1, 0.15) is 38.5 Å². The lowest BCUT2D eigenvalue weighted by molar-refractivity contribution is -1.02. The van der Waals surface area contributed by atoms with Gasteiger partial charge in [-0.3, -0.25) is 9.59 Å². The zero-order valence-electron chi connectivity index (χ0n) is 17.4. The van der Waals surface area contributed by atoms with Gasteiger partial charge in [0.05, 0.1) is 6.61 Å². The maximum atomic E-state index is 12.5. The third-order valence-corrected chi connectivity index (χ3v) is 5.92. The molecule has 7 nitrogen and oxygen atoms in total. The number of benzene rings is 2. The van der Waals surface area contributed by atoms with Gasteiger partial charge in [-0.05, 0) is 42.0 Å². The van der Waals surface area contributed by atoms with Crippen molar-refractivity contribution in [1.82, 2.24) is 5.32 Å². The molecule has 158 valence electrons. The predicted molar refractivity (Wildman–Crippen MR) is 114 cm³/mol. The Balaban J connectivity index is 1.23. The summed E-state index contributed by atoms with van der Waals surface area (Å²) in [6.07, 6.45) is 1.01. The van der Waals surface area contributed by atoms with Crippen LogP contribution in [0, 0.1) is 0 Å². The van der Waals surface area contributed by atoms with E-state index in [-0.39, 0.29) is 11.8 Å². The molecule has 4 N–H and O–H groups in total. The van der Waals surface area contributed by atoms with E-state index in [4.69, 9.17) is 4.74 Å². The molecular weight excluding hydrogens is 380 g/mol. The molecule has 30 heavy (non-hydrogen) atoms. The number of rotatable bonds is 6. The zero-order chi connectivity index (χ0) is 20.9. The van der Waals surface area contributed by atoms with Crippen LogP contribution in [0.5, 0.6) is 5.75 Å². The summed E-state index contributed by atoms with van der Waals surface area (Å²) in [5, 5.41) is 5.52. The SMILES string of the molecule is CNC(=O)c1cccc(NC(=O)C[NH+]2CC[NH+](Cc3ccc4c(c3)CCO4)CC2)c1. The Kier molecular flexibility index (Phi) is 6.30. The van der Waals surface area contributed by atoms with E-state index < -0.39 is 0 Å². The molecule has 0 aliphatic carbocycles. The van der Waals surface area contributed by atoms with E-state index in [0.29, 0.717) is 17.8 Å². The highest BCUT2D eigenvalue weighted by molar-refractivity contribution is 5.97. The van der Waals surface area contributed by atoms with E-state index in [1.165, 1.54) is 16.0 Å². The first-order chi connectivity index (χ1) is 14.6. The fourth-order valence-corrected chi connectivity index (χ4v) is 4.26. The van der Waals surface area contributed by atoms with Crippen molar-refractivity contribution >= 4 is 17.5 Å². The molecule has 1 fully saturated rings. The molecule has 0 atom stereocenters. The Morgan fingerprint density at radius 3 is 2.63 bits per heavy atom. The number of carbonyl (C=O) groups excluding carboxylic acids is 2. The van der Waals surface area contributed by atoms with Crippen molar-refractivity contribution < 1.29 is 24.1 Å². The van der Waals surface area contributed by atoms with Crippen LogP contribution in [0.1, 0.15) is 21.5 Å². The first-order valence-corrected chi connectivity index (χ1v) is 10.6. The number of hydrogen-bond donors (Lipinski definition) is 4. The largest absolute Gasteiger partial charge is 0.493 e. The summed E-state index contributed by atoms with van der Waals surface area (Å²) in [7, 11) is 1.59. The van der Waals surface area contributed by atoms with Crippen molar-refractivity contribution in [2.45, 2.75) is 13.0 Å². The monoisotopic (exact) mass is 410 g/mol. The van der Waals surface area contributed by atoms with Crippen molar-refractivity contribution in [1.29, 1.82) is 0 Å². The lowest BCUT2D eigenvalue weighted by Crippen LogP contribution is -3.28. The molecule has 0 aromatic heterocycles. The molecule has 0 spiro atoms. The Hall–Kier alpha value is -2.90. The van der Waals surface area contributed by atoms with Crippen LogP contribution in [0.2, 0.25) is 0 Å². The Morgan fingerprint density at radius 1 is 1.03 bits per heavy atom. The summed E-state index contributed by atoms with van der Waals surface area (Å²) in [6.45, 7) is 6.35. The van der Waals surface area contributed by atoms with Gasteiger partial charge in [0.15, 0.2) is 6.54 Å². The number of anilines is 1. The molecule has 0 radical (unpaired) electrons. The summed E-state index contributed by atoms with van der Waals surface area (Å²) < 4.78 is 5.59. The first kappa shape index (κ1) is 20.4. The van der Waals surface area contributed by atoms with Crippen LogP contribution in [0.25, 0.3) is 0 Å². The van der Waals surface area contributed by atoms with Crippen molar-refractivity contribution in [3.8, 4) is 5.75 Å². The minimum Gasteiger partial charge on any atom is -0.493 e. The standard InChI is InChI=1S/C23H28N4O3/c1-24-23(29)19-3-2-4-20(14-19)25-22(28)16-27-10-8-26(9-11-27)15-17-5-6-21-18(13-17)7-12-30-21/h2-6,13-14H,7-12,15-16H2,1H3,(H,24,29)(H,25,28)/p+2. The van der Waals surface area contributed by atoms with E-state index in [9.17, 15) is 9.59 Å². The van der Waals surface area contributed by atoms with E-state index >= 15 is 0 Å². The summed E-state index contributed by atoms with van der Waals surface area (Å²) >= 11 is 0. The fourth-order valence-electron chi connectivity index (χ4n) is 4.26. The van der Waals surface area contributed by atoms with Crippen LogP contribution in [0.4, 0.5) is 5.69 Å². The number of piperazine rings is 1. The van der Waals surface area contributed by atoms with Crippen LogP contribution in [-0.4, -0.2) is 58.2 Å². The van der Waals surface area contributed by atoms with Gasteiger partial charge < -0.3 is 25.2 Å². The smallest absolute Gasteiger partial charge is 0.279 e. The van der Waals surface area contributed by atoms with Gasteiger partial charge in [-0.15, -0.1) is 0 Å². The minimum absolute atomic E-state index is 0.0128. The molecule has 2 aromatic rings. The summed E-state index contributed by atoms with van der Waals surface area (Å²) in [4.78, 5) is 27.1. The topological polar surface area (TPSA) is 76.3 Å². The van der Waals surface area contributed by atoms with Crippen molar-refractivity contribution in [3.05, 3.63) is 59.2 Å². The Bertz CT molecular complexity index is 922. The molecule has 0 bridgehead atoms. The van der Waals surface area contributed by atoms with Crippen molar-refractivity contribution in [2.24, 2.45) is 0 Å².